The molecule has 0 bridgehead atoms. The van der Waals surface area contributed by atoms with E-state index < -0.39 is 0 Å². The fourth-order valence-corrected chi connectivity index (χ4v) is 3.70. The van der Waals surface area contributed by atoms with Gasteiger partial charge >= 0.3 is 0 Å². The molecule has 0 aliphatic carbocycles. The van der Waals surface area contributed by atoms with Crippen LogP contribution in [0.1, 0.15) is 36.1 Å². The van der Waals surface area contributed by atoms with Gasteiger partial charge in [-0.15, -0.1) is 0 Å². The molecule has 5 heteroatoms. The Hall–Kier alpha value is -2.95. The molecule has 0 fully saturated rings. The molecule has 2 aromatic carbocycles. The summed E-state index contributed by atoms with van der Waals surface area (Å²) in [6, 6.07) is 7.90. The quantitative estimate of drug-likeness (QED) is 0.681. The summed E-state index contributed by atoms with van der Waals surface area (Å²) in [5.41, 5.74) is 5.75. The molecule has 5 nitrogen and oxygen atoms in total. The molecule has 1 aromatic heterocycles. The summed E-state index contributed by atoms with van der Waals surface area (Å²) < 4.78 is 17.3. The topological polar surface area (TPSA) is 60.7 Å². The Morgan fingerprint density at radius 1 is 1.29 bits per heavy atom. The van der Waals surface area contributed by atoms with E-state index in [4.69, 9.17) is 13.9 Å². The van der Waals surface area contributed by atoms with E-state index >= 15 is 0 Å². The lowest BCUT2D eigenvalue weighted by molar-refractivity contribution is -0.115. The largest absolute Gasteiger partial charge is 0.492 e. The zero-order valence-corrected chi connectivity index (χ0v) is 16.7. The maximum atomic E-state index is 12.7. The van der Waals surface area contributed by atoms with Crippen LogP contribution in [-0.2, 0) is 17.6 Å². The summed E-state index contributed by atoms with van der Waals surface area (Å²) in [5.74, 6) is 1.37. The normalized spacial score (nSPS) is 15.4. The van der Waals surface area contributed by atoms with Crippen LogP contribution in [0.15, 0.2) is 34.9 Å². The first-order valence-corrected chi connectivity index (χ1v) is 9.68. The highest BCUT2D eigenvalue weighted by Crippen LogP contribution is 2.38. The van der Waals surface area contributed by atoms with E-state index in [0.717, 1.165) is 39.8 Å². The lowest BCUT2D eigenvalue weighted by Gasteiger charge is -2.13. The highest BCUT2D eigenvalue weighted by atomic mass is 16.5. The molecule has 0 saturated heterocycles. The molecule has 2 heterocycles. The second-order valence-electron chi connectivity index (χ2n) is 7.39. The van der Waals surface area contributed by atoms with Crippen molar-refractivity contribution in [3.63, 3.8) is 0 Å². The number of fused-ring (bicyclic) bond motifs is 2. The molecule has 146 valence electrons. The van der Waals surface area contributed by atoms with Gasteiger partial charge in [0.1, 0.15) is 23.2 Å². The number of amides is 1. The number of aryl methyl sites for hydroxylation is 2. The van der Waals surface area contributed by atoms with Gasteiger partial charge in [-0.2, -0.15) is 0 Å². The third-order valence-electron chi connectivity index (χ3n) is 5.26. The van der Waals surface area contributed by atoms with Crippen molar-refractivity contribution in [2.45, 2.75) is 46.6 Å². The molecule has 1 atom stereocenters. The van der Waals surface area contributed by atoms with Crippen molar-refractivity contribution >= 4 is 22.6 Å². The van der Waals surface area contributed by atoms with Crippen LogP contribution >= 0.6 is 0 Å². The second kappa shape index (κ2) is 7.23. The van der Waals surface area contributed by atoms with Crippen LogP contribution in [0, 0.1) is 13.8 Å². The van der Waals surface area contributed by atoms with Crippen molar-refractivity contribution in [2.75, 3.05) is 11.9 Å². The molecule has 0 radical (unpaired) electrons. The molecule has 1 amide bonds. The van der Waals surface area contributed by atoms with E-state index in [1.807, 2.05) is 39.0 Å². The number of nitrogens with one attached hydrogen (secondary N) is 1. The number of hydrogen-bond acceptors (Lipinski definition) is 4. The van der Waals surface area contributed by atoms with Gasteiger partial charge in [0.2, 0.25) is 5.91 Å². The number of furan rings is 1. The first kappa shape index (κ1) is 18.4. The van der Waals surface area contributed by atoms with Gasteiger partial charge in [0.15, 0.2) is 0 Å². The average Bonchev–Trinajstić information content (AvgIpc) is 3.21. The predicted molar refractivity (Wildman–Crippen MR) is 109 cm³/mol. The molecule has 1 aliphatic rings. The van der Waals surface area contributed by atoms with Crippen LogP contribution in [0.4, 0.5) is 5.69 Å². The minimum absolute atomic E-state index is 0.118. The Morgan fingerprint density at radius 3 is 2.89 bits per heavy atom. The Labute approximate surface area is 164 Å². The molecule has 1 unspecified atom stereocenters. The van der Waals surface area contributed by atoms with Crippen LogP contribution < -0.4 is 14.8 Å². The van der Waals surface area contributed by atoms with E-state index in [9.17, 15) is 4.79 Å². The maximum absolute atomic E-state index is 12.7. The summed E-state index contributed by atoms with van der Waals surface area (Å²) in [6.45, 7) is 8.58. The minimum Gasteiger partial charge on any atom is -0.492 e. The Morgan fingerprint density at radius 2 is 2.11 bits per heavy atom. The maximum Gasteiger partial charge on any atom is 0.229 e. The third kappa shape index (κ3) is 3.33. The van der Waals surface area contributed by atoms with Crippen molar-refractivity contribution in [1.82, 2.24) is 0 Å². The summed E-state index contributed by atoms with van der Waals surface area (Å²) in [6.07, 6.45) is 2.89. The monoisotopic (exact) mass is 379 g/mol. The third-order valence-corrected chi connectivity index (χ3v) is 5.26. The van der Waals surface area contributed by atoms with Gasteiger partial charge in [-0.05, 0) is 44.9 Å². The van der Waals surface area contributed by atoms with E-state index in [1.165, 1.54) is 5.56 Å². The number of ether oxygens (including phenoxy) is 2. The van der Waals surface area contributed by atoms with Gasteiger partial charge in [-0.1, -0.05) is 12.1 Å². The van der Waals surface area contributed by atoms with Crippen LogP contribution in [0.5, 0.6) is 11.5 Å². The van der Waals surface area contributed by atoms with E-state index in [0.29, 0.717) is 18.0 Å². The zero-order valence-electron chi connectivity index (χ0n) is 16.7. The van der Waals surface area contributed by atoms with Gasteiger partial charge < -0.3 is 19.2 Å². The standard InChI is InChI=1S/C23H25NO4/c1-5-26-21-9-16-8-14(3)28-20(16)11-19(21)24-22(25)10-17-12-27-23-15(4)13(2)6-7-18(17)23/h6-7,9,11-12,14H,5,8,10H2,1-4H3,(H,24,25). The fraction of sp³-hybridized carbons (Fsp3) is 0.348. The predicted octanol–water partition coefficient (Wildman–Crippen LogP) is 4.95. The molecule has 1 aliphatic heterocycles. The number of carbonyl (C=O) groups is 1. The SMILES string of the molecule is CCOc1cc2c(cc1NC(=O)Cc1coc3c(C)c(C)ccc13)OC(C)C2. The molecule has 28 heavy (non-hydrogen) atoms. The van der Waals surface area contributed by atoms with Crippen LogP contribution in [-0.4, -0.2) is 18.6 Å². The van der Waals surface area contributed by atoms with Crippen molar-refractivity contribution in [2.24, 2.45) is 0 Å². The van der Waals surface area contributed by atoms with Crippen LogP contribution in [0.2, 0.25) is 0 Å². The summed E-state index contributed by atoms with van der Waals surface area (Å²) in [4.78, 5) is 12.7. The summed E-state index contributed by atoms with van der Waals surface area (Å²) in [5, 5.41) is 3.96. The Bertz CT molecular complexity index is 1050. The number of carbonyl (C=O) groups excluding carboxylic acids is 1. The number of hydrogen-bond donors (Lipinski definition) is 1. The van der Waals surface area contributed by atoms with Gasteiger partial charge in [0.05, 0.1) is 25.0 Å². The summed E-state index contributed by atoms with van der Waals surface area (Å²) >= 11 is 0. The molecular formula is C23H25NO4. The molecule has 1 N–H and O–H groups in total. The zero-order chi connectivity index (χ0) is 19.8. The van der Waals surface area contributed by atoms with Crippen molar-refractivity contribution in [1.29, 1.82) is 0 Å². The molecule has 4 rings (SSSR count). The number of anilines is 1. The van der Waals surface area contributed by atoms with Crippen molar-refractivity contribution in [3.05, 3.63) is 52.8 Å². The first-order valence-electron chi connectivity index (χ1n) is 9.68. The van der Waals surface area contributed by atoms with Gasteiger partial charge in [0.25, 0.3) is 0 Å². The van der Waals surface area contributed by atoms with E-state index in [2.05, 4.69) is 18.3 Å². The molecule has 3 aromatic rings. The Balaban J connectivity index is 1.57. The van der Waals surface area contributed by atoms with Gasteiger partial charge in [0, 0.05) is 29.0 Å². The minimum atomic E-state index is -0.118. The lowest BCUT2D eigenvalue weighted by Crippen LogP contribution is -2.15. The second-order valence-corrected chi connectivity index (χ2v) is 7.39. The average molecular weight is 379 g/mol. The van der Waals surface area contributed by atoms with Crippen molar-refractivity contribution in [3.8, 4) is 11.5 Å². The van der Waals surface area contributed by atoms with Gasteiger partial charge in [-0.25, -0.2) is 0 Å². The first-order chi connectivity index (χ1) is 13.5. The summed E-state index contributed by atoms with van der Waals surface area (Å²) in [7, 11) is 0. The van der Waals surface area contributed by atoms with E-state index in [1.54, 1.807) is 6.26 Å². The Kier molecular flexibility index (Phi) is 4.75. The highest BCUT2D eigenvalue weighted by molar-refractivity contribution is 5.97. The molecular weight excluding hydrogens is 354 g/mol. The number of rotatable bonds is 5. The molecule has 0 spiro atoms. The van der Waals surface area contributed by atoms with Gasteiger partial charge in [-0.3, -0.25) is 4.79 Å². The highest BCUT2D eigenvalue weighted by Gasteiger charge is 2.23. The van der Waals surface area contributed by atoms with Crippen LogP contribution in [0.25, 0.3) is 11.0 Å². The fourth-order valence-electron chi connectivity index (χ4n) is 3.70. The van der Waals surface area contributed by atoms with Crippen molar-refractivity contribution < 1.29 is 18.7 Å². The van der Waals surface area contributed by atoms with Crippen LogP contribution in [0.3, 0.4) is 0 Å². The smallest absolute Gasteiger partial charge is 0.229 e. The van der Waals surface area contributed by atoms with E-state index in [-0.39, 0.29) is 18.4 Å². The lowest BCUT2D eigenvalue weighted by atomic mass is 10.0. The molecule has 0 saturated carbocycles. The number of benzene rings is 2.